The van der Waals surface area contributed by atoms with E-state index in [1.54, 1.807) is 0 Å². The molecule has 0 fully saturated rings. The Morgan fingerprint density at radius 2 is 1.79 bits per heavy atom. The molecule has 1 atom stereocenters. The smallest absolute Gasteiger partial charge is 0.683 e. The molecule has 0 bridgehead atoms. The monoisotopic (exact) mass is 606 g/mol. The molecule has 6 rings (SSSR count). The molecule has 0 saturated carbocycles. The number of furan rings is 1. The molecule has 0 saturated heterocycles. The Kier molecular flexibility index (Phi) is 7.19. The predicted octanol–water partition coefficient (Wildman–Crippen LogP) is 7.74. The summed E-state index contributed by atoms with van der Waals surface area (Å²) in [6.45, 7) is 2.06. The molecule has 3 heterocycles. The van der Waals surface area contributed by atoms with Gasteiger partial charge in [-0.05, 0) is 24.8 Å². The average Bonchev–Trinajstić information content (AvgIpc) is 3.24. The largest absolute Gasteiger partial charge is 3.00 e. The molecule has 3 aromatic carbocycles. The first kappa shape index (κ1) is 22.7. The molecule has 1 unspecified atom stereocenters. The van der Waals surface area contributed by atoms with E-state index < -0.39 is 0 Å². The minimum absolute atomic E-state index is 0. The first-order valence-electron chi connectivity index (χ1n) is 10.5. The zero-order chi connectivity index (χ0) is 21.8. The van der Waals surface area contributed by atoms with E-state index in [2.05, 4.69) is 47.6 Å². The molecular weight excluding hydrogens is 585 g/mol. The Balaban J connectivity index is 0.000000172. The maximum absolute atomic E-state index is 6.01. The number of allylic oxidation sites excluding steroid dienone is 2. The van der Waals surface area contributed by atoms with Gasteiger partial charge in [0, 0.05) is 11.6 Å². The van der Waals surface area contributed by atoms with Crippen LogP contribution in [-0.4, -0.2) is 4.98 Å². The van der Waals surface area contributed by atoms with E-state index in [-0.39, 0.29) is 26.1 Å². The van der Waals surface area contributed by atoms with Crippen molar-refractivity contribution in [3.63, 3.8) is 0 Å². The Morgan fingerprint density at radius 3 is 2.58 bits per heavy atom. The Morgan fingerprint density at radius 1 is 0.909 bits per heavy atom. The fourth-order valence-electron chi connectivity index (χ4n) is 3.74. The summed E-state index contributed by atoms with van der Waals surface area (Å²) in [6, 6.07) is 30.6. The van der Waals surface area contributed by atoms with Gasteiger partial charge in [0.15, 0.2) is 0 Å². The van der Waals surface area contributed by atoms with Crippen LogP contribution < -0.4 is 0 Å². The molecule has 162 valence electrons. The molecule has 33 heavy (non-hydrogen) atoms. The van der Waals surface area contributed by atoms with Crippen molar-refractivity contribution in [3.8, 4) is 11.3 Å². The third-order valence-electron chi connectivity index (χ3n) is 5.30. The van der Waals surface area contributed by atoms with Gasteiger partial charge in [-0.15, -0.1) is 18.2 Å². The number of pyridine rings is 1. The van der Waals surface area contributed by atoms with Crippen LogP contribution in [0.25, 0.3) is 38.5 Å². The predicted molar refractivity (Wildman–Crippen MR) is 130 cm³/mol. The molecule has 2 aromatic heterocycles. The van der Waals surface area contributed by atoms with Gasteiger partial charge >= 0.3 is 20.1 Å². The Labute approximate surface area is 207 Å². The molecule has 3 nitrogen and oxygen atoms in total. The maximum Gasteiger partial charge on any atom is 3.00 e. The van der Waals surface area contributed by atoms with Crippen LogP contribution >= 0.6 is 0 Å². The Hall–Kier alpha value is -3.46. The van der Waals surface area contributed by atoms with E-state index >= 15 is 0 Å². The van der Waals surface area contributed by atoms with Crippen molar-refractivity contribution in [1.29, 1.82) is 0 Å². The summed E-state index contributed by atoms with van der Waals surface area (Å²) in [6.07, 6.45) is 9.65. The summed E-state index contributed by atoms with van der Waals surface area (Å²) in [5.74, 6) is 0. The maximum atomic E-state index is 6.01. The van der Waals surface area contributed by atoms with Gasteiger partial charge in [-0.2, -0.15) is 42.1 Å². The summed E-state index contributed by atoms with van der Waals surface area (Å²) >= 11 is 0. The fraction of sp³-hybridized carbons (Fsp3) is 0.0690. The molecule has 0 aliphatic carbocycles. The van der Waals surface area contributed by atoms with Crippen LogP contribution in [0.4, 0.5) is 0 Å². The van der Waals surface area contributed by atoms with Crippen molar-refractivity contribution in [2.24, 2.45) is 0 Å². The van der Waals surface area contributed by atoms with E-state index in [1.807, 2.05) is 85.2 Å². The van der Waals surface area contributed by atoms with Gasteiger partial charge in [0.25, 0.3) is 0 Å². The van der Waals surface area contributed by atoms with Crippen LogP contribution in [0.5, 0.6) is 0 Å². The van der Waals surface area contributed by atoms with Crippen LogP contribution in [0.1, 0.15) is 17.2 Å². The molecule has 4 heteroatoms. The quantitative estimate of drug-likeness (QED) is 0.193. The number of rotatable bonds is 2. The number of hydrogen-bond acceptors (Lipinski definition) is 2. The minimum atomic E-state index is 0. The second-order valence-corrected chi connectivity index (χ2v) is 7.55. The number of para-hydroxylation sites is 1. The van der Waals surface area contributed by atoms with Crippen molar-refractivity contribution in [2.45, 2.75) is 13.0 Å². The molecule has 0 amide bonds. The van der Waals surface area contributed by atoms with Crippen molar-refractivity contribution in [1.82, 2.24) is 4.98 Å². The Bertz CT molecular complexity index is 1420. The standard InChI is InChI=1S/C18H12NO.C11H9N.Ir/c1-12-9-10-19-16(11-12)15-7-4-6-14-13-5-2-3-8-17(13)20-18(14)15;1-2-6-10(7-3-1)11-8-4-5-9-12-11;/h2-6,8-11H,1H3;1-6,8-9,11H;/q-1;-2;+3. The van der Waals surface area contributed by atoms with Crippen molar-refractivity contribution >= 4 is 21.9 Å². The van der Waals surface area contributed by atoms with Gasteiger partial charge in [-0.1, -0.05) is 65.0 Å². The molecule has 1 aliphatic rings. The van der Waals surface area contributed by atoms with E-state index in [9.17, 15) is 0 Å². The number of benzene rings is 3. The van der Waals surface area contributed by atoms with E-state index in [0.717, 1.165) is 38.8 Å². The number of aromatic nitrogens is 1. The number of hydrogen-bond donors (Lipinski definition) is 0. The first-order chi connectivity index (χ1) is 15.8. The number of nitrogens with zero attached hydrogens (tertiary/aromatic N) is 2. The third kappa shape index (κ3) is 4.98. The molecule has 0 N–H and O–H groups in total. The van der Waals surface area contributed by atoms with Gasteiger partial charge < -0.3 is 14.7 Å². The topological polar surface area (TPSA) is 40.1 Å². The summed E-state index contributed by atoms with van der Waals surface area (Å²) < 4.78 is 6.01. The molecule has 5 aromatic rings. The summed E-state index contributed by atoms with van der Waals surface area (Å²) in [4.78, 5) is 4.44. The summed E-state index contributed by atoms with van der Waals surface area (Å²) in [7, 11) is 0. The molecule has 1 aliphatic heterocycles. The second kappa shape index (κ2) is 10.4. The zero-order valence-electron chi connectivity index (χ0n) is 18.0. The van der Waals surface area contributed by atoms with Gasteiger partial charge in [0.1, 0.15) is 5.58 Å². The van der Waals surface area contributed by atoms with Crippen LogP contribution in [0.3, 0.4) is 0 Å². The van der Waals surface area contributed by atoms with Crippen LogP contribution in [0.15, 0.2) is 108 Å². The van der Waals surface area contributed by atoms with Crippen molar-refractivity contribution < 1.29 is 24.5 Å². The molecule has 0 spiro atoms. The summed E-state index contributed by atoms with van der Waals surface area (Å²) in [5, 5.41) is 6.54. The minimum Gasteiger partial charge on any atom is -0.683 e. The number of aryl methyl sites for hydroxylation is 1. The second-order valence-electron chi connectivity index (χ2n) is 7.55. The van der Waals surface area contributed by atoms with Gasteiger partial charge in [-0.25, -0.2) is 0 Å². The van der Waals surface area contributed by atoms with Gasteiger partial charge in [0.2, 0.25) is 0 Å². The van der Waals surface area contributed by atoms with Crippen molar-refractivity contribution in [3.05, 3.63) is 132 Å². The van der Waals surface area contributed by atoms with Crippen LogP contribution in [0.2, 0.25) is 0 Å². The summed E-state index contributed by atoms with van der Waals surface area (Å²) in [5.41, 5.74) is 5.87. The van der Waals surface area contributed by atoms with E-state index in [1.165, 1.54) is 5.56 Å². The van der Waals surface area contributed by atoms with Crippen LogP contribution in [0, 0.1) is 19.1 Å². The average molecular weight is 606 g/mol. The third-order valence-corrected chi connectivity index (χ3v) is 5.30. The van der Waals surface area contributed by atoms with Gasteiger partial charge in [-0.3, -0.25) is 0 Å². The van der Waals surface area contributed by atoms with Crippen molar-refractivity contribution in [2.75, 3.05) is 0 Å². The van der Waals surface area contributed by atoms with Crippen LogP contribution in [-0.2, 0) is 20.1 Å². The fourth-order valence-corrected chi connectivity index (χ4v) is 3.74. The molecular formula is C29H21IrN2O. The normalized spacial score (nSPS) is 14.3. The van der Waals surface area contributed by atoms with E-state index in [4.69, 9.17) is 4.42 Å². The number of fused-ring (bicyclic) bond motifs is 3. The molecule has 0 radical (unpaired) electrons. The zero-order valence-corrected chi connectivity index (χ0v) is 20.4. The van der Waals surface area contributed by atoms with E-state index in [0.29, 0.717) is 0 Å². The SMILES string of the molecule is Cc1ccnc(-c2[c-]ccc3c2oc2ccccc23)c1.[Ir+3].[c-]1ccccc1C1C=CC=C[N-]1. The first-order valence-corrected chi connectivity index (χ1v) is 10.5. The van der Waals surface area contributed by atoms with Gasteiger partial charge in [0.05, 0.1) is 5.58 Å².